The molecule has 152 valence electrons. The molecule has 1 aromatic carbocycles. The minimum atomic E-state index is -0.121. The third kappa shape index (κ3) is 5.38. The van der Waals surface area contributed by atoms with Crippen LogP contribution in [0.2, 0.25) is 0 Å². The molecule has 6 nitrogen and oxygen atoms in total. The van der Waals surface area contributed by atoms with Crippen LogP contribution in [0.15, 0.2) is 28.6 Å². The van der Waals surface area contributed by atoms with E-state index in [9.17, 15) is 0 Å². The first kappa shape index (κ1) is 20.5. The highest BCUT2D eigenvalue weighted by Gasteiger charge is 2.23. The van der Waals surface area contributed by atoms with Crippen molar-refractivity contribution in [1.82, 2.24) is 15.6 Å². The molecule has 1 aliphatic rings. The summed E-state index contributed by atoms with van der Waals surface area (Å²) in [5.74, 6) is 2.48. The normalized spacial score (nSPS) is 14.1. The first-order chi connectivity index (χ1) is 13.5. The van der Waals surface area contributed by atoms with Crippen LogP contribution in [0.3, 0.4) is 0 Å². The van der Waals surface area contributed by atoms with E-state index >= 15 is 0 Å². The Bertz CT molecular complexity index is 816. The third-order valence-corrected chi connectivity index (χ3v) is 5.46. The molecule has 28 heavy (non-hydrogen) atoms. The molecule has 1 aromatic heterocycles. The number of aliphatic imine (C=N–C) groups is 1. The first-order valence-corrected chi connectivity index (χ1v) is 10.7. The molecule has 0 amide bonds. The molecule has 3 rings (SSSR count). The van der Waals surface area contributed by atoms with Gasteiger partial charge in [0.05, 0.1) is 17.2 Å². The Balaban J connectivity index is 1.61. The summed E-state index contributed by atoms with van der Waals surface area (Å²) in [4.78, 5) is 9.32. The molecule has 0 unspecified atom stereocenters. The third-order valence-electron chi connectivity index (χ3n) is 4.64. The Morgan fingerprint density at radius 2 is 2.00 bits per heavy atom. The van der Waals surface area contributed by atoms with Gasteiger partial charge in [-0.25, -0.2) is 4.98 Å². The maximum absolute atomic E-state index is 5.73. The number of rotatable bonds is 7. The van der Waals surface area contributed by atoms with Crippen LogP contribution in [-0.2, 0) is 11.8 Å². The molecule has 2 N–H and O–H groups in total. The number of ether oxygens (including phenoxy) is 2. The van der Waals surface area contributed by atoms with Gasteiger partial charge < -0.3 is 20.1 Å². The standard InChI is InChI=1S/C21H30N4O2S/c1-5-22-20(23-9-8-17-13-28-15(2)25-17)24-14-21(3,4)16-6-7-18-19(12-16)27-11-10-26-18/h6-7,12-13H,5,8-11,14H2,1-4H3,(H2,22,23,24). The number of benzene rings is 1. The van der Waals surface area contributed by atoms with Crippen LogP contribution in [0, 0.1) is 6.92 Å². The number of nitrogens with zero attached hydrogens (tertiary/aromatic N) is 2. The van der Waals surface area contributed by atoms with E-state index in [-0.39, 0.29) is 5.41 Å². The van der Waals surface area contributed by atoms with Crippen molar-refractivity contribution >= 4 is 17.3 Å². The van der Waals surface area contributed by atoms with Gasteiger partial charge in [0.15, 0.2) is 17.5 Å². The van der Waals surface area contributed by atoms with Crippen molar-refractivity contribution in [2.45, 2.75) is 39.5 Å². The quantitative estimate of drug-likeness (QED) is 0.549. The fourth-order valence-corrected chi connectivity index (χ4v) is 3.65. The molecular formula is C21H30N4O2S. The fourth-order valence-electron chi connectivity index (χ4n) is 3.01. The van der Waals surface area contributed by atoms with Gasteiger partial charge in [-0.2, -0.15) is 0 Å². The zero-order valence-corrected chi connectivity index (χ0v) is 18.0. The smallest absolute Gasteiger partial charge is 0.191 e. The molecule has 0 fully saturated rings. The van der Waals surface area contributed by atoms with Gasteiger partial charge in [0.2, 0.25) is 0 Å². The van der Waals surface area contributed by atoms with Crippen LogP contribution in [0.25, 0.3) is 0 Å². The van der Waals surface area contributed by atoms with E-state index in [0.717, 1.165) is 47.7 Å². The fraction of sp³-hybridized carbons (Fsp3) is 0.524. The summed E-state index contributed by atoms with van der Waals surface area (Å²) in [7, 11) is 0. The lowest BCUT2D eigenvalue weighted by Gasteiger charge is -2.26. The zero-order valence-electron chi connectivity index (χ0n) is 17.2. The van der Waals surface area contributed by atoms with Crippen LogP contribution in [0.4, 0.5) is 0 Å². The number of thiazole rings is 1. The van der Waals surface area contributed by atoms with Gasteiger partial charge in [-0.15, -0.1) is 11.3 Å². The maximum Gasteiger partial charge on any atom is 0.191 e. The average Bonchev–Trinajstić information content (AvgIpc) is 3.11. The number of nitrogens with one attached hydrogen (secondary N) is 2. The molecule has 0 spiro atoms. The molecule has 1 aliphatic heterocycles. The van der Waals surface area contributed by atoms with E-state index < -0.39 is 0 Å². The number of aromatic nitrogens is 1. The number of hydrogen-bond acceptors (Lipinski definition) is 5. The molecule has 0 saturated heterocycles. The molecule has 0 saturated carbocycles. The van der Waals surface area contributed by atoms with E-state index in [1.54, 1.807) is 11.3 Å². The van der Waals surface area contributed by atoms with Crippen LogP contribution in [0.1, 0.15) is 37.0 Å². The minimum Gasteiger partial charge on any atom is -0.486 e. The van der Waals surface area contributed by atoms with Gasteiger partial charge in [0.1, 0.15) is 13.2 Å². The van der Waals surface area contributed by atoms with Crippen LogP contribution in [-0.4, -0.2) is 43.8 Å². The second-order valence-electron chi connectivity index (χ2n) is 7.47. The van der Waals surface area contributed by atoms with E-state index in [2.05, 4.69) is 53.9 Å². The average molecular weight is 403 g/mol. The number of fused-ring (bicyclic) bond motifs is 1. The molecule has 2 aromatic rings. The molecule has 7 heteroatoms. The summed E-state index contributed by atoms with van der Waals surface area (Å²) in [5.41, 5.74) is 2.20. The highest BCUT2D eigenvalue weighted by atomic mass is 32.1. The topological polar surface area (TPSA) is 67.8 Å². The molecule has 0 aliphatic carbocycles. The van der Waals surface area contributed by atoms with Gasteiger partial charge in [-0.05, 0) is 31.5 Å². The van der Waals surface area contributed by atoms with Crippen molar-refractivity contribution in [2.75, 3.05) is 32.8 Å². The van der Waals surface area contributed by atoms with Gasteiger partial charge >= 0.3 is 0 Å². The zero-order chi connectivity index (χ0) is 20.0. The van der Waals surface area contributed by atoms with Crippen LogP contribution in [0.5, 0.6) is 11.5 Å². The Morgan fingerprint density at radius 1 is 1.21 bits per heavy atom. The number of guanidine groups is 1. The highest BCUT2D eigenvalue weighted by Crippen LogP contribution is 2.35. The van der Waals surface area contributed by atoms with Crippen molar-refractivity contribution in [1.29, 1.82) is 0 Å². The number of hydrogen-bond donors (Lipinski definition) is 2. The van der Waals surface area contributed by atoms with Gasteiger partial charge in [0, 0.05) is 30.3 Å². The molecule has 2 heterocycles. The largest absolute Gasteiger partial charge is 0.486 e. The summed E-state index contributed by atoms with van der Waals surface area (Å²) in [5, 5.41) is 9.96. The SMILES string of the molecule is CCNC(=NCC(C)(C)c1ccc2c(c1)OCCO2)NCCc1csc(C)n1. The predicted molar refractivity (Wildman–Crippen MR) is 115 cm³/mol. The van der Waals surface area contributed by atoms with Crippen molar-refractivity contribution < 1.29 is 9.47 Å². The van der Waals surface area contributed by atoms with Gasteiger partial charge in [0.25, 0.3) is 0 Å². The van der Waals surface area contributed by atoms with E-state index in [4.69, 9.17) is 14.5 Å². The second kappa shape index (κ2) is 9.28. The Hall–Kier alpha value is -2.28. The Labute approximate surface area is 171 Å². The Kier molecular flexibility index (Phi) is 6.78. The minimum absolute atomic E-state index is 0.121. The van der Waals surface area contributed by atoms with Crippen LogP contribution < -0.4 is 20.1 Å². The van der Waals surface area contributed by atoms with Crippen molar-refractivity contribution in [2.24, 2.45) is 4.99 Å². The molecule has 0 atom stereocenters. The highest BCUT2D eigenvalue weighted by molar-refractivity contribution is 7.09. The summed E-state index contributed by atoms with van der Waals surface area (Å²) in [6.07, 6.45) is 0.889. The molecular weight excluding hydrogens is 372 g/mol. The van der Waals surface area contributed by atoms with E-state index in [1.165, 1.54) is 5.56 Å². The summed E-state index contributed by atoms with van der Waals surface area (Å²) < 4.78 is 11.4. The predicted octanol–water partition coefficient (Wildman–Crippen LogP) is 3.30. The lowest BCUT2D eigenvalue weighted by atomic mass is 9.84. The van der Waals surface area contributed by atoms with Crippen molar-refractivity contribution in [3.8, 4) is 11.5 Å². The lowest BCUT2D eigenvalue weighted by molar-refractivity contribution is 0.171. The molecule has 0 bridgehead atoms. The van der Waals surface area contributed by atoms with E-state index in [0.29, 0.717) is 19.8 Å². The number of aryl methyl sites for hydroxylation is 1. The van der Waals surface area contributed by atoms with Crippen molar-refractivity contribution in [3.05, 3.63) is 39.8 Å². The second-order valence-corrected chi connectivity index (χ2v) is 8.53. The van der Waals surface area contributed by atoms with Crippen LogP contribution >= 0.6 is 11.3 Å². The monoisotopic (exact) mass is 402 g/mol. The Morgan fingerprint density at radius 3 is 2.71 bits per heavy atom. The lowest BCUT2D eigenvalue weighted by Crippen LogP contribution is -2.39. The maximum atomic E-state index is 5.73. The summed E-state index contributed by atoms with van der Waals surface area (Å²) in [6, 6.07) is 6.18. The first-order valence-electron chi connectivity index (χ1n) is 9.81. The summed E-state index contributed by atoms with van der Waals surface area (Å²) >= 11 is 1.69. The van der Waals surface area contributed by atoms with Gasteiger partial charge in [-0.3, -0.25) is 4.99 Å². The molecule has 0 radical (unpaired) electrons. The van der Waals surface area contributed by atoms with Crippen molar-refractivity contribution in [3.63, 3.8) is 0 Å². The van der Waals surface area contributed by atoms with Gasteiger partial charge in [-0.1, -0.05) is 19.9 Å². The van der Waals surface area contributed by atoms with E-state index in [1.807, 2.05) is 13.0 Å². The summed E-state index contributed by atoms with van der Waals surface area (Å²) in [6.45, 7) is 12.0.